The minimum absolute atomic E-state index is 0.0435. The molecule has 0 bridgehead atoms. The fourth-order valence-electron chi connectivity index (χ4n) is 2.27. The van der Waals surface area contributed by atoms with Gasteiger partial charge in [-0.1, -0.05) is 33.6 Å². The Labute approximate surface area is 166 Å². The number of benzene rings is 2. The van der Waals surface area contributed by atoms with Gasteiger partial charge in [0.1, 0.15) is 0 Å². The monoisotopic (exact) mass is 429 g/mol. The Morgan fingerprint density at radius 1 is 1.04 bits per heavy atom. The summed E-state index contributed by atoms with van der Waals surface area (Å²) in [7, 11) is 0. The molecule has 2 aromatic carbocycles. The first-order valence-corrected chi connectivity index (χ1v) is 9.22. The summed E-state index contributed by atoms with van der Waals surface area (Å²) in [6, 6.07) is 14.0. The van der Waals surface area contributed by atoms with E-state index in [9.17, 15) is 14.4 Å². The number of allylic oxidation sites excluding steroid dienone is 1. The summed E-state index contributed by atoms with van der Waals surface area (Å²) in [6.45, 7) is 3.82. The molecule has 0 unspecified atom stereocenters. The van der Waals surface area contributed by atoms with Gasteiger partial charge in [0.15, 0.2) is 5.78 Å². The number of halogens is 1. The van der Waals surface area contributed by atoms with Crippen LogP contribution in [0.5, 0.6) is 0 Å². The van der Waals surface area contributed by atoms with Gasteiger partial charge in [0.25, 0.3) is 5.91 Å². The van der Waals surface area contributed by atoms with Gasteiger partial charge >= 0.3 is 5.97 Å². The molecule has 0 aliphatic carbocycles. The topological polar surface area (TPSA) is 72.5 Å². The molecule has 2 aromatic rings. The van der Waals surface area contributed by atoms with Crippen molar-refractivity contribution in [1.29, 1.82) is 0 Å². The number of esters is 1. The molecule has 6 heteroatoms. The van der Waals surface area contributed by atoms with Crippen LogP contribution in [0, 0.1) is 6.92 Å². The van der Waals surface area contributed by atoms with Gasteiger partial charge in [-0.3, -0.25) is 14.4 Å². The number of aryl methyl sites for hydroxylation is 1. The third-order valence-corrected chi connectivity index (χ3v) is 4.20. The second-order valence-corrected chi connectivity index (χ2v) is 6.76. The predicted octanol–water partition coefficient (Wildman–Crippen LogP) is 4.46. The van der Waals surface area contributed by atoms with Crippen molar-refractivity contribution in [3.63, 3.8) is 0 Å². The molecule has 0 radical (unpaired) electrons. The van der Waals surface area contributed by atoms with Gasteiger partial charge in [-0.15, -0.1) is 0 Å². The first-order valence-electron chi connectivity index (χ1n) is 8.43. The van der Waals surface area contributed by atoms with Crippen molar-refractivity contribution < 1.29 is 19.1 Å². The van der Waals surface area contributed by atoms with E-state index in [0.29, 0.717) is 11.3 Å². The lowest BCUT2D eigenvalue weighted by molar-refractivity contribution is -0.142. The minimum atomic E-state index is -0.564. The van der Waals surface area contributed by atoms with Crippen molar-refractivity contribution in [3.05, 3.63) is 75.8 Å². The van der Waals surface area contributed by atoms with E-state index in [0.717, 1.165) is 10.0 Å². The Kier molecular flexibility index (Phi) is 7.49. The fraction of sp³-hybridized carbons (Fsp3) is 0.190. The van der Waals surface area contributed by atoms with Crippen molar-refractivity contribution in [2.75, 3.05) is 11.9 Å². The van der Waals surface area contributed by atoms with E-state index >= 15 is 0 Å². The summed E-state index contributed by atoms with van der Waals surface area (Å²) >= 11 is 3.31. The Hall–Kier alpha value is -2.73. The molecule has 0 aliphatic rings. The molecule has 140 valence electrons. The van der Waals surface area contributed by atoms with E-state index in [2.05, 4.69) is 21.2 Å². The molecule has 1 N–H and O–H groups in total. The van der Waals surface area contributed by atoms with E-state index in [1.165, 1.54) is 6.08 Å². The average Bonchev–Trinajstić information content (AvgIpc) is 2.63. The van der Waals surface area contributed by atoms with Gasteiger partial charge in [0, 0.05) is 21.3 Å². The molecule has 0 aliphatic heterocycles. The van der Waals surface area contributed by atoms with Crippen LogP contribution in [-0.2, 0) is 14.3 Å². The van der Waals surface area contributed by atoms with Gasteiger partial charge in [0.05, 0.1) is 13.0 Å². The number of amides is 1. The lowest BCUT2D eigenvalue weighted by atomic mass is 10.1. The molecule has 0 saturated heterocycles. The highest BCUT2D eigenvalue weighted by Gasteiger charge is 2.17. The van der Waals surface area contributed by atoms with Gasteiger partial charge in [-0.2, -0.15) is 0 Å². The second kappa shape index (κ2) is 9.83. The quantitative estimate of drug-likeness (QED) is 0.400. The number of hydrogen-bond acceptors (Lipinski definition) is 4. The summed E-state index contributed by atoms with van der Waals surface area (Å²) in [5.74, 6) is -1.44. The fourth-order valence-corrected chi connectivity index (χ4v) is 2.53. The van der Waals surface area contributed by atoms with Gasteiger partial charge in [-0.25, -0.2) is 0 Å². The number of carbonyl (C=O) groups excluding carboxylic acids is 3. The predicted molar refractivity (Wildman–Crippen MR) is 108 cm³/mol. The summed E-state index contributed by atoms with van der Waals surface area (Å²) in [5, 5.41) is 2.71. The first-order chi connectivity index (χ1) is 12.9. The Balaban J connectivity index is 2.24. The van der Waals surface area contributed by atoms with Crippen LogP contribution in [0.25, 0.3) is 0 Å². The standard InChI is InChI=1S/C21H20BrNO4/c1-3-27-20(25)13-16(12-19(24)15-6-8-17(22)9-7-15)21(26)23-18-10-4-14(2)5-11-18/h4-12H,3,13H2,1-2H3,(H,23,26)/b16-12-. The van der Waals surface area contributed by atoms with E-state index in [-0.39, 0.29) is 24.4 Å². The zero-order valence-corrected chi connectivity index (χ0v) is 16.7. The maximum Gasteiger partial charge on any atom is 0.310 e. The molecular formula is C21H20BrNO4. The SMILES string of the molecule is CCOC(=O)C/C(=C/C(=O)c1ccc(Br)cc1)C(=O)Nc1ccc(C)cc1. The molecule has 0 atom stereocenters. The van der Waals surface area contributed by atoms with E-state index in [1.807, 2.05) is 19.1 Å². The number of ether oxygens (including phenoxy) is 1. The number of carbonyl (C=O) groups is 3. The maximum absolute atomic E-state index is 12.6. The normalized spacial score (nSPS) is 11.0. The molecule has 1 amide bonds. The number of nitrogens with one attached hydrogen (secondary N) is 1. The Morgan fingerprint density at radius 2 is 1.67 bits per heavy atom. The van der Waals surface area contributed by atoms with Crippen LogP contribution in [0.2, 0.25) is 0 Å². The van der Waals surface area contributed by atoms with Crippen LogP contribution in [0.4, 0.5) is 5.69 Å². The van der Waals surface area contributed by atoms with E-state index in [1.54, 1.807) is 43.3 Å². The van der Waals surface area contributed by atoms with Crippen LogP contribution in [0.1, 0.15) is 29.3 Å². The van der Waals surface area contributed by atoms with Crippen LogP contribution >= 0.6 is 15.9 Å². The zero-order chi connectivity index (χ0) is 19.8. The van der Waals surface area contributed by atoms with Crippen LogP contribution in [0.3, 0.4) is 0 Å². The molecule has 0 fully saturated rings. The summed E-state index contributed by atoms with van der Waals surface area (Å²) in [6.07, 6.45) is 0.900. The highest BCUT2D eigenvalue weighted by molar-refractivity contribution is 9.10. The van der Waals surface area contributed by atoms with Crippen molar-refractivity contribution >= 4 is 39.3 Å². The van der Waals surface area contributed by atoms with Crippen molar-refractivity contribution in [1.82, 2.24) is 0 Å². The Bertz CT molecular complexity index is 855. The molecule has 0 spiro atoms. The van der Waals surface area contributed by atoms with Crippen LogP contribution in [-0.4, -0.2) is 24.3 Å². The Morgan fingerprint density at radius 3 is 2.26 bits per heavy atom. The highest BCUT2D eigenvalue weighted by Crippen LogP contribution is 2.15. The van der Waals surface area contributed by atoms with Gasteiger partial charge < -0.3 is 10.1 Å². The molecule has 0 heterocycles. The van der Waals surface area contributed by atoms with Crippen molar-refractivity contribution in [2.24, 2.45) is 0 Å². The van der Waals surface area contributed by atoms with Crippen LogP contribution < -0.4 is 5.32 Å². The lowest BCUT2D eigenvalue weighted by Crippen LogP contribution is -2.19. The molecule has 27 heavy (non-hydrogen) atoms. The summed E-state index contributed by atoms with van der Waals surface area (Å²) < 4.78 is 5.75. The first kappa shape index (κ1) is 20.6. The second-order valence-electron chi connectivity index (χ2n) is 5.84. The highest BCUT2D eigenvalue weighted by atomic mass is 79.9. The summed E-state index contributed by atoms with van der Waals surface area (Å²) in [5.41, 5.74) is 2.10. The zero-order valence-electron chi connectivity index (χ0n) is 15.1. The number of rotatable bonds is 7. The molecule has 0 saturated carbocycles. The molecule has 0 aromatic heterocycles. The largest absolute Gasteiger partial charge is 0.466 e. The lowest BCUT2D eigenvalue weighted by Gasteiger charge is -2.09. The third-order valence-electron chi connectivity index (χ3n) is 3.68. The number of ketones is 1. The average molecular weight is 430 g/mol. The molecule has 2 rings (SSSR count). The maximum atomic E-state index is 12.6. The van der Waals surface area contributed by atoms with E-state index in [4.69, 9.17) is 4.74 Å². The third kappa shape index (κ3) is 6.49. The molecular weight excluding hydrogens is 410 g/mol. The minimum Gasteiger partial charge on any atom is -0.466 e. The summed E-state index contributed by atoms with van der Waals surface area (Å²) in [4.78, 5) is 37.0. The number of hydrogen-bond donors (Lipinski definition) is 1. The smallest absolute Gasteiger partial charge is 0.310 e. The van der Waals surface area contributed by atoms with Gasteiger partial charge in [0.2, 0.25) is 0 Å². The van der Waals surface area contributed by atoms with Crippen LogP contribution in [0.15, 0.2) is 64.7 Å². The van der Waals surface area contributed by atoms with Crippen molar-refractivity contribution in [3.8, 4) is 0 Å². The number of anilines is 1. The van der Waals surface area contributed by atoms with Gasteiger partial charge in [-0.05, 0) is 56.3 Å². The molecule has 5 nitrogen and oxygen atoms in total. The van der Waals surface area contributed by atoms with E-state index < -0.39 is 11.9 Å². The van der Waals surface area contributed by atoms with Crippen molar-refractivity contribution in [2.45, 2.75) is 20.3 Å².